The standard InChI is InChI=1S/C22H17BrN2O3/c1-27-20-12-15(21-24-18-5-3-2-4-17(18)22(26)25-21)8-11-19(20)28-13-14-6-9-16(23)10-7-14/h2-12H,13H2,1H3,(H,24,25,26). The molecule has 1 heterocycles. The van der Waals surface area contributed by atoms with Gasteiger partial charge in [0.05, 0.1) is 18.0 Å². The van der Waals surface area contributed by atoms with Gasteiger partial charge in [0.25, 0.3) is 5.56 Å². The highest BCUT2D eigenvalue weighted by Gasteiger charge is 2.11. The van der Waals surface area contributed by atoms with Crippen molar-refractivity contribution in [3.8, 4) is 22.9 Å². The van der Waals surface area contributed by atoms with Crippen molar-refractivity contribution in [3.05, 3.63) is 87.1 Å². The molecule has 1 aromatic heterocycles. The summed E-state index contributed by atoms with van der Waals surface area (Å²) in [7, 11) is 1.59. The van der Waals surface area contributed by atoms with Crippen molar-refractivity contribution in [2.24, 2.45) is 0 Å². The summed E-state index contributed by atoms with van der Waals surface area (Å²) in [6.07, 6.45) is 0. The van der Waals surface area contributed by atoms with Gasteiger partial charge >= 0.3 is 0 Å². The molecule has 0 fully saturated rings. The summed E-state index contributed by atoms with van der Waals surface area (Å²) in [5, 5.41) is 0.563. The van der Waals surface area contributed by atoms with Crippen molar-refractivity contribution >= 4 is 26.8 Å². The van der Waals surface area contributed by atoms with Crippen molar-refractivity contribution in [2.45, 2.75) is 6.61 Å². The molecule has 0 unspecified atom stereocenters. The van der Waals surface area contributed by atoms with E-state index in [0.717, 1.165) is 15.6 Å². The Morgan fingerprint density at radius 3 is 2.57 bits per heavy atom. The summed E-state index contributed by atoms with van der Waals surface area (Å²) in [6.45, 7) is 0.425. The fraction of sp³-hybridized carbons (Fsp3) is 0.0909. The molecular formula is C22H17BrN2O3. The summed E-state index contributed by atoms with van der Waals surface area (Å²) < 4.78 is 12.4. The highest BCUT2D eigenvalue weighted by atomic mass is 79.9. The van der Waals surface area contributed by atoms with Crippen LogP contribution in [0.2, 0.25) is 0 Å². The number of rotatable bonds is 5. The van der Waals surface area contributed by atoms with Gasteiger partial charge in [-0.2, -0.15) is 0 Å². The van der Waals surface area contributed by atoms with Gasteiger partial charge in [0, 0.05) is 10.0 Å². The Morgan fingerprint density at radius 1 is 1.00 bits per heavy atom. The number of nitrogens with one attached hydrogen (secondary N) is 1. The molecule has 0 saturated carbocycles. The van der Waals surface area contributed by atoms with Gasteiger partial charge < -0.3 is 14.5 Å². The SMILES string of the molecule is COc1cc(-c2nc3ccccc3c(=O)[nH]2)ccc1OCc1ccc(Br)cc1. The molecule has 0 radical (unpaired) electrons. The van der Waals surface area contributed by atoms with E-state index in [1.165, 1.54) is 0 Å². The molecular weight excluding hydrogens is 420 g/mol. The minimum atomic E-state index is -0.171. The lowest BCUT2D eigenvalue weighted by atomic mass is 10.1. The lowest BCUT2D eigenvalue weighted by Gasteiger charge is -2.12. The predicted molar refractivity (Wildman–Crippen MR) is 113 cm³/mol. The number of hydrogen-bond donors (Lipinski definition) is 1. The first-order valence-corrected chi connectivity index (χ1v) is 9.48. The van der Waals surface area contributed by atoms with Crippen molar-refractivity contribution < 1.29 is 9.47 Å². The van der Waals surface area contributed by atoms with Crippen molar-refractivity contribution in [1.29, 1.82) is 0 Å². The average Bonchev–Trinajstić information content (AvgIpc) is 2.73. The van der Waals surface area contributed by atoms with E-state index in [9.17, 15) is 4.79 Å². The number of H-pyrrole nitrogens is 1. The van der Waals surface area contributed by atoms with Crippen molar-refractivity contribution in [2.75, 3.05) is 7.11 Å². The van der Waals surface area contributed by atoms with Gasteiger partial charge in [-0.1, -0.05) is 40.2 Å². The Bertz CT molecular complexity index is 1190. The number of aromatic amines is 1. The highest BCUT2D eigenvalue weighted by Crippen LogP contribution is 2.32. The summed E-state index contributed by atoms with van der Waals surface area (Å²) in [5.74, 6) is 1.68. The Morgan fingerprint density at radius 2 is 1.79 bits per heavy atom. The van der Waals surface area contributed by atoms with Crippen LogP contribution in [-0.2, 0) is 6.61 Å². The van der Waals surface area contributed by atoms with E-state index in [-0.39, 0.29) is 5.56 Å². The molecule has 1 N–H and O–H groups in total. The fourth-order valence-electron chi connectivity index (χ4n) is 2.90. The number of para-hydroxylation sites is 1. The number of nitrogens with zero attached hydrogens (tertiary/aromatic N) is 1. The number of aromatic nitrogens is 2. The molecule has 0 aliphatic heterocycles. The molecule has 0 aliphatic carbocycles. The molecule has 140 valence electrons. The van der Waals surface area contributed by atoms with Gasteiger partial charge in [0.1, 0.15) is 12.4 Å². The van der Waals surface area contributed by atoms with E-state index in [2.05, 4.69) is 25.9 Å². The van der Waals surface area contributed by atoms with E-state index in [0.29, 0.717) is 34.8 Å². The lowest BCUT2D eigenvalue weighted by molar-refractivity contribution is 0.284. The predicted octanol–water partition coefficient (Wildman–Crippen LogP) is 4.94. The third kappa shape index (κ3) is 3.77. The first-order valence-electron chi connectivity index (χ1n) is 8.69. The Kier molecular flexibility index (Phi) is 5.12. The second-order valence-electron chi connectivity index (χ2n) is 6.21. The first kappa shape index (κ1) is 18.3. The molecule has 0 saturated heterocycles. The van der Waals surface area contributed by atoms with Crippen LogP contribution in [0.4, 0.5) is 0 Å². The zero-order valence-corrected chi connectivity index (χ0v) is 16.7. The molecule has 0 atom stereocenters. The normalized spacial score (nSPS) is 10.8. The summed E-state index contributed by atoms with van der Waals surface area (Å²) in [5.41, 5.74) is 2.27. The van der Waals surface area contributed by atoms with E-state index in [4.69, 9.17) is 9.47 Å². The van der Waals surface area contributed by atoms with Crippen LogP contribution in [0, 0.1) is 0 Å². The van der Waals surface area contributed by atoms with Gasteiger partial charge in [0.15, 0.2) is 11.5 Å². The number of halogens is 1. The van der Waals surface area contributed by atoms with Crippen LogP contribution in [-0.4, -0.2) is 17.1 Å². The summed E-state index contributed by atoms with van der Waals surface area (Å²) in [4.78, 5) is 19.7. The minimum absolute atomic E-state index is 0.171. The minimum Gasteiger partial charge on any atom is -0.493 e. The van der Waals surface area contributed by atoms with E-state index in [1.807, 2.05) is 60.7 Å². The topological polar surface area (TPSA) is 64.2 Å². The van der Waals surface area contributed by atoms with Crippen molar-refractivity contribution in [3.63, 3.8) is 0 Å². The highest BCUT2D eigenvalue weighted by molar-refractivity contribution is 9.10. The monoisotopic (exact) mass is 436 g/mol. The lowest BCUT2D eigenvalue weighted by Crippen LogP contribution is -2.09. The van der Waals surface area contributed by atoms with E-state index in [1.54, 1.807) is 13.2 Å². The maximum atomic E-state index is 12.3. The first-order chi connectivity index (χ1) is 13.6. The zero-order valence-electron chi connectivity index (χ0n) is 15.1. The molecule has 3 aromatic carbocycles. The second-order valence-corrected chi connectivity index (χ2v) is 7.13. The molecule has 5 nitrogen and oxygen atoms in total. The maximum absolute atomic E-state index is 12.3. The maximum Gasteiger partial charge on any atom is 0.259 e. The van der Waals surface area contributed by atoms with Crippen molar-refractivity contribution in [1.82, 2.24) is 9.97 Å². The quantitative estimate of drug-likeness (QED) is 0.481. The van der Waals surface area contributed by atoms with Crippen LogP contribution in [0.15, 0.2) is 76.0 Å². The Labute approximate surface area is 170 Å². The molecule has 0 aliphatic rings. The Hall–Kier alpha value is -3.12. The molecule has 4 aromatic rings. The number of fused-ring (bicyclic) bond motifs is 1. The molecule has 6 heteroatoms. The smallest absolute Gasteiger partial charge is 0.259 e. The number of hydrogen-bond acceptors (Lipinski definition) is 4. The van der Waals surface area contributed by atoms with Crippen LogP contribution in [0.1, 0.15) is 5.56 Å². The molecule has 0 amide bonds. The number of benzene rings is 3. The third-order valence-electron chi connectivity index (χ3n) is 4.36. The van der Waals surface area contributed by atoms with Crippen LogP contribution in [0.3, 0.4) is 0 Å². The van der Waals surface area contributed by atoms with Crippen LogP contribution in [0.5, 0.6) is 11.5 Å². The zero-order chi connectivity index (χ0) is 19.5. The second kappa shape index (κ2) is 7.86. The molecule has 0 spiro atoms. The number of methoxy groups -OCH3 is 1. The summed E-state index contributed by atoms with van der Waals surface area (Å²) >= 11 is 3.42. The molecule has 28 heavy (non-hydrogen) atoms. The summed E-state index contributed by atoms with van der Waals surface area (Å²) in [6, 6.07) is 20.7. The van der Waals surface area contributed by atoms with Gasteiger partial charge in [0.2, 0.25) is 0 Å². The van der Waals surface area contributed by atoms with Gasteiger partial charge in [-0.15, -0.1) is 0 Å². The third-order valence-corrected chi connectivity index (χ3v) is 4.89. The fourth-order valence-corrected chi connectivity index (χ4v) is 3.16. The van der Waals surface area contributed by atoms with Gasteiger partial charge in [-0.3, -0.25) is 4.79 Å². The Balaban J connectivity index is 1.63. The van der Waals surface area contributed by atoms with Crippen LogP contribution < -0.4 is 15.0 Å². The number of ether oxygens (including phenoxy) is 2. The van der Waals surface area contributed by atoms with E-state index >= 15 is 0 Å². The van der Waals surface area contributed by atoms with Crippen LogP contribution >= 0.6 is 15.9 Å². The molecule has 0 bridgehead atoms. The van der Waals surface area contributed by atoms with Gasteiger partial charge in [-0.05, 0) is 48.0 Å². The van der Waals surface area contributed by atoms with E-state index < -0.39 is 0 Å². The van der Waals surface area contributed by atoms with Gasteiger partial charge in [-0.25, -0.2) is 4.98 Å². The average molecular weight is 437 g/mol. The van der Waals surface area contributed by atoms with Crippen LogP contribution in [0.25, 0.3) is 22.3 Å². The largest absolute Gasteiger partial charge is 0.493 e. The molecule has 4 rings (SSSR count).